The van der Waals surface area contributed by atoms with Gasteiger partial charge in [0.25, 0.3) is 0 Å². The van der Waals surface area contributed by atoms with Crippen LogP contribution in [0.2, 0.25) is 0 Å². The second kappa shape index (κ2) is 6.26. The molecule has 0 aliphatic carbocycles. The van der Waals surface area contributed by atoms with E-state index in [1.54, 1.807) is 6.20 Å². The van der Waals surface area contributed by atoms with E-state index in [2.05, 4.69) is 15.6 Å². The fourth-order valence-corrected chi connectivity index (χ4v) is 2.27. The second-order valence-corrected chi connectivity index (χ2v) is 4.94. The van der Waals surface area contributed by atoms with Crippen LogP contribution in [-0.4, -0.2) is 17.6 Å². The van der Waals surface area contributed by atoms with Gasteiger partial charge in [-0.2, -0.15) is 0 Å². The van der Waals surface area contributed by atoms with Gasteiger partial charge in [0.2, 0.25) is 0 Å². The molecule has 0 atom stereocenters. The van der Waals surface area contributed by atoms with Gasteiger partial charge in [-0.15, -0.1) is 0 Å². The maximum Gasteiger partial charge on any atom is 0.412 e. The molecule has 5 heteroatoms. The summed E-state index contributed by atoms with van der Waals surface area (Å²) in [5, 5.41) is 5.98. The number of carbonyl (C=O) groups is 1. The van der Waals surface area contributed by atoms with E-state index >= 15 is 0 Å². The molecule has 1 aromatic heterocycles. The van der Waals surface area contributed by atoms with Crippen LogP contribution in [0.5, 0.6) is 0 Å². The Kier molecular flexibility index (Phi) is 4.00. The number of rotatable bonds is 3. The number of aryl methyl sites for hydroxylation is 1. The molecule has 0 radical (unpaired) electrons. The van der Waals surface area contributed by atoms with Gasteiger partial charge in [-0.25, -0.2) is 4.79 Å². The van der Waals surface area contributed by atoms with Crippen LogP contribution >= 0.6 is 0 Å². The fourth-order valence-electron chi connectivity index (χ4n) is 2.27. The molecular formula is C16H17N3O2. The molecule has 108 valence electrons. The lowest BCUT2D eigenvalue weighted by Gasteiger charge is -2.17. The van der Waals surface area contributed by atoms with Crippen LogP contribution in [0.1, 0.15) is 17.7 Å². The minimum atomic E-state index is -0.476. The molecule has 1 aromatic carbocycles. The zero-order valence-corrected chi connectivity index (χ0v) is 11.6. The van der Waals surface area contributed by atoms with Crippen LogP contribution in [0.3, 0.4) is 0 Å². The Labute approximate surface area is 123 Å². The van der Waals surface area contributed by atoms with Gasteiger partial charge in [0, 0.05) is 6.54 Å². The lowest BCUT2D eigenvalue weighted by molar-refractivity contribution is 0.155. The van der Waals surface area contributed by atoms with E-state index in [-0.39, 0.29) is 6.61 Å². The number of hydrogen-bond acceptors (Lipinski definition) is 4. The minimum absolute atomic E-state index is 0.253. The van der Waals surface area contributed by atoms with Crippen LogP contribution in [0.15, 0.2) is 42.6 Å². The first-order chi connectivity index (χ1) is 10.3. The van der Waals surface area contributed by atoms with Crippen molar-refractivity contribution >= 4 is 17.5 Å². The molecule has 0 unspecified atom stereocenters. The summed E-state index contributed by atoms with van der Waals surface area (Å²) in [5.41, 5.74) is 3.63. The van der Waals surface area contributed by atoms with E-state index in [0.29, 0.717) is 5.69 Å². The summed E-state index contributed by atoms with van der Waals surface area (Å²) in [6.07, 6.45) is 3.25. The molecule has 0 spiro atoms. The largest absolute Gasteiger partial charge is 0.444 e. The average molecular weight is 283 g/mol. The molecule has 3 rings (SSSR count). The highest BCUT2D eigenvalue weighted by Crippen LogP contribution is 2.23. The van der Waals surface area contributed by atoms with Crippen molar-refractivity contribution in [2.45, 2.75) is 19.4 Å². The number of pyridine rings is 1. The molecule has 2 aromatic rings. The van der Waals surface area contributed by atoms with Crippen LogP contribution < -0.4 is 10.6 Å². The lowest BCUT2D eigenvalue weighted by Crippen LogP contribution is -2.16. The number of hydrogen-bond donors (Lipinski definition) is 2. The van der Waals surface area contributed by atoms with Crippen molar-refractivity contribution < 1.29 is 9.53 Å². The molecule has 1 aliphatic heterocycles. The summed E-state index contributed by atoms with van der Waals surface area (Å²) in [5.74, 6) is 0. The van der Waals surface area contributed by atoms with E-state index in [0.717, 1.165) is 36.3 Å². The van der Waals surface area contributed by atoms with E-state index in [1.807, 2.05) is 36.4 Å². The number of nitrogens with zero attached hydrogens (tertiary/aromatic N) is 1. The highest BCUT2D eigenvalue weighted by atomic mass is 16.5. The van der Waals surface area contributed by atoms with Crippen molar-refractivity contribution in [3.05, 3.63) is 53.9 Å². The first-order valence-electron chi connectivity index (χ1n) is 7.02. The predicted molar refractivity (Wildman–Crippen MR) is 81.3 cm³/mol. The van der Waals surface area contributed by atoms with Crippen molar-refractivity contribution in [1.29, 1.82) is 0 Å². The summed E-state index contributed by atoms with van der Waals surface area (Å²) in [6.45, 7) is 1.19. The Hall–Kier alpha value is -2.56. The number of anilines is 2. The molecule has 0 saturated carbocycles. The predicted octanol–water partition coefficient (Wildman–Crippen LogP) is 3.19. The summed E-state index contributed by atoms with van der Waals surface area (Å²) in [7, 11) is 0. The van der Waals surface area contributed by atoms with Crippen molar-refractivity contribution in [2.75, 3.05) is 17.2 Å². The molecule has 0 bridgehead atoms. The maximum absolute atomic E-state index is 11.8. The average Bonchev–Trinajstić information content (AvgIpc) is 2.54. The first-order valence-corrected chi connectivity index (χ1v) is 7.02. The number of amides is 1. The smallest absolute Gasteiger partial charge is 0.412 e. The van der Waals surface area contributed by atoms with Crippen LogP contribution in [0.25, 0.3) is 0 Å². The van der Waals surface area contributed by atoms with Crippen LogP contribution in [-0.2, 0) is 17.8 Å². The first kappa shape index (κ1) is 13.4. The third-order valence-corrected chi connectivity index (χ3v) is 3.34. The number of aromatic nitrogens is 1. The third kappa shape index (κ3) is 3.51. The monoisotopic (exact) mass is 283 g/mol. The van der Waals surface area contributed by atoms with Crippen molar-refractivity contribution in [2.24, 2.45) is 0 Å². The Morgan fingerprint density at radius 1 is 1.33 bits per heavy atom. The van der Waals surface area contributed by atoms with Crippen LogP contribution in [0.4, 0.5) is 16.2 Å². The maximum atomic E-state index is 11.8. The van der Waals surface area contributed by atoms with Gasteiger partial charge in [0.1, 0.15) is 6.61 Å². The SMILES string of the molecule is O=C(Nc1cnc2c(c1)NCCC2)OCc1ccccc1. The zero-order chi connectivity index (χ0) is 14.5. The Balaban J connectivity index is 1.57. The molecule has 2 heterocycles. The molecule has 21 heavy (non-hydrogen) atoms. The van der Waals surface area contributed by atoms with Gasteiger partial charge in [0.05, 0.1) is 23.3 Å². The molecule has 1 aliphatic rings. The van der Waals surface area contributed by atoms with Crippen molar-refractivity contribution in [3.8, 4) is 0 Å². The highest BCUT2D eigenvalue weighted by Gasteiger charge is 2.11. The van der Waals surface area contributed by atoms with E-state index < -0.39 is 6.09 Å². The Bertz CT molecular complexity index is 629. The van der Waals surface area contributed by atoms with Gasteiger partial charge < -0.3 is 10.1 Å². The molecule has 0 saturated heterocycles. The Morgan fingerprint density at radius 2 is 2.19 bits per heavy atom. The zero-order valence-electron chi connectivity index (χ0n) is 11.6. The van der Waals surface area contributed by atoms with Crippen molar-refractivity contribution in [3.63, 3.8) is 0 Å². The van der Waals surface area contributed by atoms with Gasteiger partial charge in [0.15, 0.2) is 0 Å². The van der Waals surface area contributed by atoms with E-state index in [4.69, 9.17) is 4.74 Å². The number of fused-ring (bicyclic) bond motifs is 1. The lowest BCUT2D eigenvalue weighted by atomic mass is 10.1. The summed E-state index contributed by atoms with van der Waals surface area (Å²) in [6, 6.07) is 11.5. The number of ether oxygens (including phenoxy) is 1. The molecule has 5 nitrogen and oxygen atoms in total. The number of benzene rings is 1. The molecular weight excluding hydrogens is 266 g/mol. The van der Waals surface area contributed by atoms with Gasteiger partial charge in [-0.3, -0.25) is 10.3 Å². The second-order valence-electron chi connectivity index (χ2n) is 4.94. The topological polar surface area (TPSA) is 63.2 Å². The number of carbonyl (C=O) groups excluding carboxylic acids is 1. The summed E-state index contributed by atoms with van der Waals surface area (Å²) in [4.78, 5) is 16.1. The number of nitrogens with one attached hydrogen (secondary N) is 2. The third-order valence-electron chi connectivity index (χ3n) is 3.34. The standard InChI is InChI=1S/C16H17N3O2/c20-16(21-11-12-5-2-1-3-6-12)19-13-9-15-14(18-10-13)7-4-8-17-15/h1-3,5-6,9-10,17H,4,7-8,11H2,(H,19,20). The van der Waals surface area contributed by atoms with Crippen LogP contribution in [0, 0.1) is 0 Å². The van der Waals surface area contributed by atoms with Crippen molar-refractivity contribution in [1.82, 2.24) is 4.98 Å². The summed E-state index contributed by atoms with van der Waals surface area (Å²) >= 11 is 0. The summed E-state index contributed by atoms with van der Waals surface area (Å²) < 4.78 is 5.18. The minimum Gasteiger partial charge on any atom is -0.444 e. The Morgan fingerprint density at radius 3 is 3.05 bits per heavy atom. The quantitative estimate of drug-likeness (QED) is 0.908. The van der Waals surface area contributed by atoms with Gasteiger partial charge in [-0.1, -0.05) is 30.3 Å². The normalized spacial score (nSPS) is 13.0. The van der Waals surface area contributed by atoms with Gasteiger partial charge in [-0.05, 0) is 24.5 Å². The van der Waals surface area contributed by atoms with Gasteiger partial charge >= 0.3 is 6.09 Å². The molecule has 2 N–H and O–H groups in total. The van der Waals surface area contributed by atoms with E-state index in [9.17, 15) is 4.79 Å². The molecule has 1 amide bonds. The fraction of sp³-hybridized carbons (Fsp3) is 0.250. The molecule has 0 fully saturated rings. The highest BCUT2D eigenvalue weighted by molar-refractivity contribution is 5.85. The van der Waals surface area contributed by atoms with E-state index in [1.165, 1.54) is 0 Å².